The highest BCUT2D eigenvalue weighted by atomic mass is 32.1. The highest BCUT2D eigenvalue weighted by Gasteiger charge is 2.13. The number of nitrogens with one attached hydrogen (secondary N) is 1. The lowest BCUT2D eigenvalue weighted by molar-refractivity contribution is -0.147. The van der Waals surface area contributed by atoms with Gasteiger partial charge >= 0.3 is 5.97 Å². The van der Waals surface area contributed by atoms with Crippen LogP contribution in [-0.2, 0) is 14.3 Å². The molecule has 7 heteroatoms. The molecule has 0 saturated heterocycles. The summed E-state index contributed by atoms with van der Waals surface area (Å²) in [5.41, 5.74) is 0.985. The summed E-state index contributed by atoms with van der Waals surface area (Å²) in [6, 6.07) is 11.9. The van der Waals surface area contributed by atoms with Gasteiger partial charge in [-0.05, 0) is 43.3 Å². The molecule has 0 aliphatic rings. The minimum atomic E-state index is -0.600. The summed E-state index contributed by atoms with van der Waals surface area (Å²) < 4.78 is 4.86. The smallest absolute Gasteiger partial charge is 0.306 e. The maximum Gasteiger partial charge on any atom is 0.306 e. The highest BCUT2D eigenvalue weighted by Crippen LogP contribution is 2.17. The predicted molar refractivity (Wildman–Crippen MR) is 93.4 cm³/mol. The van der Waals surface area contributed by atoms with Gasteiger partial charge in [0.05, 0.1) is 22.9 Å². The molecule has 2 aromatic rings. The van der Waals surface area contributed by atoms with E-state index in [1.807, 2.05) is 19.1 Å². The number of hydrogen-bond donors (Lipinski definition) is 1. The summed E-state index contributed by atoms with van der Waals surface area (Å²) in [5, 5.41) is 11.3. The van der Waals surface area contributed by atoms with Crippen LogP contribution in [0.25, 0.3) is 0 Å². The van der Waals surface area contributed by atoms with E-state index in [1.54, 1.807) is 30.3 Å². The lowest BCUT2D eigenvalue weighted by atomic mass is 10.2. The van der Waals surface area contributed by atoms with Crippen molar-refractivity contribution in [3.05, 3.63) is 51.7 Å². The van der Waals surface area contributed by atoms with Crippen molar-refractivity contribution in [2.24, 2.45) is 0 Å². The van der Waals surface area contributed by atoms with E-state index in [9.17, 15) is 14.4 Å². The molecular formula is C18H16N2O4S. The van der Waals surface area contributed by atoms with Gasteiger partial charge < -0.3 is 10.1 Å². The van der Waals surface area contributed by atoms with Gasteiger partial charge in [0, 0.05) is 17.0 Å². The Morgan fingerprint density at radius 2 is 1.84 bits per heavy atom. The number of hydrogen-bond acceptors (Lipinski definition) is 6. The molecular weight excluding hydrogens is 340 g/mol. The maximum atomic E-state index is 11.9. The summed E-state index contributed by atoms with van der Waals surface area (Å²) in [6.07, 6.45) is -0.0179. The number of rotatable bonds is 7. The Bertz CT molecular complexity index is 818. The number of esters is 1. The van der Waals surface area contributed by atoms with Gasteiger partial charge in [-0.15, -0.1) is 11.3 Å². The molecule has 25 heavy (non-hydrogen) atoms. The normalized spacial score (nSPS) is 9.92. The van der Waals surface area contributed by atoms with Crippen molar-refractivity contribution in [1.29, 1.82) is 5.26 Å². The Hall–Kier alpha value is -2.98. The SMILES string of the molecule is Cc1ccc(C(=O)CCC(=O)OCC(=O)Nc2ccc(C#N)cc2)s1. The number of Topliss-reactive ketones (excluding diaryl/α,β-unsaturated/α-hetero) is 1. The molecule has 0 radical (unpaired) electrons. The van der Waals surface area contributed by atoms with Crippen LogP contribution in [0.15, 0.2) is 36.4 Å². The Morgan fingerprint density at radius 3 is 2.44 bits per heavy atom. The van der Waals surface area contributed by atoms with Gasteiger partial charge in [-0.3, -0.25) is 14.4 Å². The number of benzene rings is 1. The second kappa shape index (κ2) is 8.76. The van der Waals surface area contributed by atoms with E-state index in [0.717, 1.165) is 4.88 Å². The first-order valence-electron chi connectivity index (χ1n) is 7.53. The fraction of sp³-hybridized carbons (Fsp3) is 0.222. The topological polar surface area (TPSA) is 96.3 Å². The molecule has 0 spiro atoms. The monoisotopic (exact) mass is 356 g/mol. The van der Waals surface area contributed by atoms with Crippen molar-refractivity contribution >= 4 is 34.7 Å². The third-order valence-corrected chi connectivity index (χ3v) is 4.28. The van der Waals surface area contributed by atoms with Crippen molar-refractivity contribution in [2.45, 2.75) is 19.8 Å². The molecule has 6 nitrogen and oxygen atoms in total. The fourth-order valence-electron chi connectivity index (χ4n) is 1.97. The van der Waals surface area contributed by atoms with E-state index in [2.05, 4.69) is 5.32 Å². The number of ketones is 1. The van der Waals surface area contributed by atoms with E-state index in [1.165, 1.54) is 11.3 Å². The third-order valence-electron chi connectivity index (χ3n) is 3.23. The highest BCUT2D eigenvalue weighted by molar-refractivity contribution is 7.14. The number of amides is 1. The molecule has 128 valence electrons. The van der Waals surface area contributed by atoms with E-state index >= 15 is 0 Å². The molecule has 0 saturated carbocycles. The number of carbonyl (C=O) groups is 3. The number of nitriles is 1. The molecule has 1 amide bonds. The summed E-state index contributed by atoms with van der Waals surface area (Å²) in [7, 11) is 0. The zero-order valence-electron chi connectivity index (χ0n) is 13.6. The summed E-state index contributed by atoms with van der Waals surface area (Å²) in [5.74, 6) is -1.20. The van der Waals surface area contributed by atoms with Crippen molar-refractivity contribution in [3.8, 4) is 6.07 Å². The maximum absolute atomic E-state index is 11.9. The van der Waals surface area contributed by atoms with Crippen LogP contribution in [0.1, 0.15) is 33.0 Å². The average molecular weight is 356 g/mol. The standard InChI is InChI=1S/C18H16N2O4S/c1-12-2-8-16(25-12)15(21)7-9-18(23)24-11-17(22)20-14-5-3-13(10-19)4-6-14/h2-6,8H,7,9,11H2,1H3,(H,20,22). The Labute approximate surface area is 149 Å². The average Bonchev–Trinajstić information content (AvgIpc) is 3.05. The number of thiophene rings is 1. The number of carbonyl (C=O) groups excluding carboxylic acids is 3. The number of aryl methyl sites for hydroxylation is 1. The number of anilines is 1. The summed E-state index contributed by atoms with van der Waals surface area (Å²) in [4.78, 5) is 36.9. The quantitative estimate of drug-likeness (QED) is 0.607. The van der Waals surface area contributed by atoms with Gasteiger partial charge in [0.1, 0.15) is 0 Å². The molecule has 0 atom stereocenters. The molecule has 0 bridgehead atoms. The van der Waals surface area contributed by atoms with Crippen molar-refractivity contribution in [3.63, 3.8) is 0 Å². The van der Waals surface area contributed by atoms with Crippen molar-refractivity contribution in [2.75, 3.05) is 11.9 Å². The molecule has 2 rings (SSSR count). The first-order chi connectivity index (χ1) is 12.0. The zero-order chi connectivity index (χ0) is 18.2. The zero-order valence-corrected chi connectivity index (χ0v) is 14.4. The van der Waals surface area contributed by atoms with Crippen LogP contribution < -0.4 is 5.32 Å². The Morgan fingerprint density at radius 1 is 1.12 bits per heavy atom. The lowest BCUT2D eigenvalue weighted by Gasteiger charge is -2.06. The van der Waals surface area contributed by atoms with E-state index in [4.69, 9.17) is 10.00 Å². The molecule has 1 aromatic heterocycles. The molecule has 0 aliphatic carbocycles. The van der Waals surface area contributed by atoms with Gasteiger partial charge in [0.15, 0.2) is 12.4 Å². The molecule has 1 N–H and O–H groups in total. The van der Waals surface area contributed by atoms with Gasteiger partial charge in [-0.25, -0.2) is 0 Å². The minimum absolute atomic E-state index is 0.0516. The van der Waals surface area contributed by atoms with Crippen LogP contribution in [0.5, 0.6) is 0 Å². The van der Waals surface area contributed by atoms with Crippen LogP contribution in [0.2, 0.25) is 0 Å². The van der Waals surface area contributed by atoms with Crippen LogP contribution in [-0.4, -0.2) is 24.3 Å². The molecule has 0 unspecified atom stereocenters. The van der Waals surface area contributed by atoms with E-state index < -0.39 is 18.5 Å². The fourth-order valence-corrected chi connectivity index (χ4v) is 2.80. The van der Waals surface area contributed by atoms with Crippen molar-refractivity contribution < 1.29 is 19.1 Å². The van der Waals surface area contributed by atoms with Crippen LogP contribution in [0.3, 0.4) is 0 Å². The van der Waals surface area contributed by atoms with E-state index in [0.29, 0.717) is 16.1 Å². The minimum Gasteiger partial charge on any atom is -0.456 e. The van der Waals surface area contributed by atoms with Crippen molar-refractivity contribution in [1.82, 2.24) is 0 Å². The first-order valence-corrected chi connectivity index (χ1v) is 8.35. The van der Waals surface area contributed by atoms with Gasteiger partial charge in [0.25, 0.3) is 5.91 Å². The Balaban J connectivity index is 1.71. The molecule has 1 heterocycles. The molecule has 0 fully saturated rings. The number of ether oxygens (including phenoxy) is 1. The van der Waals surface area contributed by atoms with Crippen LogP contribution in [0.4, 0.5) is 5.69 Å². The second-order valence-electron chi connectivity index (χ2n) is 5.23. The lowest BCUT2D eigenvalue weighted by Crippen LogP contribution is -2.21. The summed E-state index contributed by atoms with van der Waals surface area (Å²) >= 11 is 1.38. The number of nitrogens with zero attached hydrogens (tertiary/aromatic N) is 1. The molecule has 0 aliphatic heterocycles. The van der Waals surface area contributed by atoms with Crippen LogP contribution in [0, 0.1) is 18.3 Å². The Kier molecular flexibility index (Phi) is 6.43. The molecule has 1 aromatic carbocycles. The van der Waals surface area contributed by atoms with Gasteiger partial charge in [-0.1, -0.05) is 0 Å². The van der Waals surface area contributed by atoms with Gasteiger partial charge in [0.2, 0.25) is 0 Å². The summed E-state index contributed by atoms with van der Waals surface area (Å²) in [6.45, 7) is 1.48. The van der Waals surface area contributed by atoms with Gasteiger partial charge in [-0.2, -0.15) is 5.26 Å². The largest absolute Gasteiger partial charge is 0.456 e. The van der Waals surface area contributed by atoms with E-state index in [-0.39, 0.29) is 18.6 Å². The first kappa shape index (κ1) is 18.4. The van der Waals surface area contributed by atoms with Crippen LogP contribution >= 0.6 is 11.3 Å². The second-order valence-corrected chi connectivity index (χ2v) is 6.52. The third kappa shape index (κ3) is 5.86. The predicted octanol–water partition coefficient (Wildman–Crippen LogP) is 3.07.